The van der Waals surface area contributed by atoms with Crippen LogP contribution in [-0.2, 0) is 0 Å². The molecule has 0 unspecified atom stereocenters. The van der Waals surface area contributed by atoms with E-state index in [9.17, 15) is 5.11 Å². The number of rotatable bonds is 3. The summed E-state index contributed by atoms with van der Waals surface area (Å²) in [6.07, 6.45) is 0.996. The SMILES string of the molecule is Cc1cc(C#N)nn1-c1nc(-n2cnc3ccccc32)ccc1[C@H](C)O. The lowest BCUT2D eigenvalue weighted by Crippen LogP contribution is -2.10. The van der Waals surface area contributed by atoms with E-state index in [2.05, 4.69) is 10.1 Å². The van der Waals surface area contributed by atoms with Crippen molar-refractivity contribution in [2.45, 2.75) is 20.0 Å². The molecule has 26 heavy (non-hydrogen) atoms. The zero-order valence-electron chi connectivity index (χ0n) is 14.3. The van der Waals surface area contributed by atoms with Crippen LogP contribution < -0.4 is 0 Å². The minimum absolute atomic E-state index is 0.305. The molecule has 0 saturated carbocycles. The molecule has 0 saturated heterocycles. The van der Waals surface area contributed by atoms with E-state index >= 15 is 0 Å². The van der Waals surface area contributed by atoms with Crippen LogP contribution in [-0.4, -0.2) is 29.4 Å². The summed E-state index contributed by atoms with van der Waals surface area (Å²) >= 11 is 0. The Kier molecular flexibility index (Phi) is 3.75. The first kappa shape index (κ1) is 16.0. The fourth-order valence-electron chi connectivity index (χ4n) is 2.96. The Morgan fingerprint density at radius 3 is 2.73 bits per heavy atom. The zero-order chi connectivity index (χ0) is 18.3. The average molecular weight is 344 g/mol. The molecular formula is C19H16N6O. The topological polar surface area (TPSA) is 92.5 Å². The van der Waals surface area contributed by atoms with Gasteiger partial charge in [0.1, 0.15) is 18.2 Å². The van der Waals surface area contributed by atoms with Crippen molar-refractivity contribution in [1.82, 2.24) is 24.3 Å². The fourth-order valence-corrected chi connectivity index (χ4v) is 2.96. The van der Waals surface area contributed by atoms with Crippen LogP contribution in [0.2, 0.25) is 0 Å². The van der Waals surface area contributed by atoms with E-state index in [1.165, 1.54) is 0 Å². The molecule has 0 amide bonds. The molecule has 0 radical (unpaired) electrons. The third-order valence-electron chi connectivity index (χ3n) is 4.24. The average Bonchev–Trinajstić information content (AvgIpc) is 3.24. The highest BCUT2D eigenvalue weighted by Gasteiger charge is 2.17. The summed E-state index contributed by atoms with van der Waals surface area (Å²) < 4.78 is 3.47. The van der Waals surface area contributed by atoms with Crippen molar-refractivity contribution in [2.75, 3.05) is 0 Å². The van der Waals surface area contributed by atoms with E-state index in [1.807, 2.05) is 54.0 Å². The summed E-state index contributed by atoms with van der Waals surface area (Å²) in [6.45, 7) is 3.53. The van der Waals surface area contributed by atoms with E-state index in [-0.39, 0.29) is 0 Å². The van der Waals surface area contributed by atoms with Crippen LogP contribution in [0.1, 0.15) is 30.0 Å². The van der Waals surface area contributed by atoms with Crippen LogP contribution >= 0.6 is 0 Å². The van der Waals surface area contributed by atoms with Gasteiger partial charge in [0.2, 0.25) is 0 Å². The van der Waals surface area contributed by atoms with Crippen molar-refractivity contribution in [3.63, 3.8) is 0 Å². The van der Waals surface area contributed by atoms with Crippen molar-refractivity contribution >= 4 is 11.0 Å². The summed E-state index contributed by atoms with van der Waals surface area (Å²) in [5.74, 6) is 1.15. The molecule has 128 valence electrons. The van der Waals surface area contributed by atoms with Gasteiger partial charge in [-0.05, 0) is 44.2 Å². The summed E-state index contributed by atoms with van der Waals surface area (Å²) in [6, 6.07) is 15.2. The lowest BCUT2D eigenvalue weighted by Gasteiger charge is -2.14. The van der Waals surface area contributed by atoms with E-state index in [4.69, 9.17) is 10.2 Å². The van der Waals surface area contributed by atoms with Crippen LogP contribution in [0.3, 0.4) is 0 Å². The number of fused-ring (bicyclic) bond motifs is 1. The van der Waals surface area contributed by atoms with Crippen molar-refractivity contribution in [3.05, 3.63) is 65.7 Å². The van der Waals surface area contributed by atoms with Gasteiger partial charge in [-0.15, -0.1) is 0 Å². The number of aryl methyl sites for hydroxylation is 1. The zero-order valence-corrected chi connectivity index (χ0v) is 14.3. The van der Waals surface area contributed by atoms with Crippen molar-refractivity contribution in [3.8, 4) is 17.7 Å². The third-order valence-corrected chi connectivity index (χ3v) is 4.24. The van der Waals surface area contributed by atoms with E-state index in [0.29, 0.717) is 22.9 Å². The molecule has 1 atom stereocenters. The summed E-state index contributed by atoms with van der Waals surface area (Å²) in [7, 11) is 0. The number of para-hydroxylation sites is 2. The number of hydrogen-bond acceptors (Lipinski definition) is 5. The molecule has 1 N–H and O–H groups in total. The maximum Gasteiger partial charge on any atom is 0.163 e. The second kappa shape index (κ2) is 6.10. The number of aliphatic hydroxyl groups is 1. The number of aliphatic hydroxyl groups excluding tert-OH is 1. The number of aromatic nitrogens is 5. The molecule has 0 aliphatic carbocycles. The minimum atomic E-state index is -0.722. The van der Waals surface area contributed by atoms with Gasteiger partial charge < -0.3 is 5.11 Å². The van der Waals surface area contributed by atoms with E-state index < -0.39 is 6.10 Å². The van der Waals surface area contributed by atoms with Gasteiger partial charge in [-0.25, -0.2) is 14.6 Å². The van der Waals surface area contributed by atoms with E-state index in [0.717, 1.165) is 16.7 Å². The van der Waals surface area contributed by atoms with Crippen molar-refractivity contribution in [1.29, 1.82) is 5.26 Å². The van der Waals surface area contributed by atoms with E-state index in [1.54, 1.807) is 24.0 Å². The maximum absolute atomic E-state index is 10.1. The number of hydrogen-bond donors (Lipinski definition) is 1. The van der Waals surface area contributed by atoms with Gasteiger partial charge in [0.15, 0.2) is 11.5 Å². The predicted molar refractivity (Wildman–Crippen MR) is 96.1 cm³/mol. The molecule has 0 aliphatic heterocycles. The van der Waals surface area contributed by atoms with Crippen LogP contribution in [0.5, 0.6) is 0 Å². The lowest BCUT2D eigenvalue weighted by atomic mass is 10.1. The standard InChI is InChI=1S/C19H16N6O/c1-12-9-14(10-20)23-25(12)19-15(13(2)26)7-8-18(22-19)24-11-21-16-5-3-4-6-17(16)24/h3-9,11,13,26H,1-2H3/t13-/m0/s1. The van der Waals surface area contributed by atoms with Crippen LogP contribution in [0.4, 0.5) is 0 Å². The Hall–Kier alpha value is -3.50. The second-order valence-electron chi connectivity index (χ2n) is 6.06. The quantitative estimate of drug-likeness (QED) is 0.617. The second-order valence-corrected chi connectivity index (χ2v) is 6.06. The third kappa shape index (κ3) is 2.53. The number of nitrogens with zero attached hydrogens (tertiary/aromatic N) is 6. The molecule has 1 aromatic carbocycles. The monoisotopic (exact) mass is 344 g/mol. The first-order chi connectivity index (χ1) is 12.6. The Bertz CT molecular complexity index is 1150. The van der Waals surface area contributed by atoms with Gasteiger partial charge >= 0.3 is 0 Å². The molecule has 0 bridgehead atoms. The Balaban J connectivity index is 1.94. The van der Waals surface area contributed by atoms with Gasteiger partial charge in [-0.1, -0.05) is 12.1 Å². The van der Waals surface area contributed by atoms with Crippen LogP contribution in [0.15, 0.2) is 48.8 Å². The molecule has 0 fully saturated rings. The Labute approximate surface area is 149 Å². The molecule has 0 spiro atoms. The Morgan fingerprint density at radius 1 is 1.19 bits per heavy atom. The van der Waals surface area contributed by atoms with Gasteiger partial charge in [-0.2, -0.15) is 10.4 Å². The molecule has 4 rings (SSSR count). The van der Waals surface area contributed by atoms with Crippen molar-refractivity contribution in [2.24, 2.45) is 0 Å². The van der Waals surface area contributed by atoms with Gasteiger partial charge in [-0.3, -0.25) is 4.57 Å². The fraction of sp³-hybridized carbons (Fsp3) is 0.158. The number of benzene rings is 1. The summed E-state index contributed by atoms with van der Waals surface area (Å²) in [4.78, 5) is 9.12. The van der Waals surface area contributed by atoms with Crippen LogP contribution in [0, 0.1) is 18.3 Å². The van der Waals surface area contributed by atoms with Crippen LogP contribution in [0.25, 0.3) is 22.7 Å². The highest BCUT2D eigenvalue weighted by molar-refractivity contribution is 5.76. The smallest absolute Gasteiger partial charge is 0.163 e. The normalized spacial score (nSPS) is 12.2. The highest BCUT2D eigenvalue weighted by atomic mass is 16.3. The van der Waals surface area contributed by atoms with Gasteiger partial charge in [0.05, 0.1) is 17.1 Å². The molecule has 3 aromatic heterocycles. The number of nitriles is 1. The number of pyridine rings is 1. The largest absolute Gasteiger partial charge is 0.389 e. The number of imidazole rings is 1. The summed E-state index contributed by atoms with van der Waals surface area (Å²) in [5.41, 5.74) is 3.51. The molecule has 0 aliphatic rings. The minimum Gasteiger partial charge on any atom is -0.389 e. The van der Waals surface area contributed by atoms with Crippen molar-refractivity contribution < 1.29 is 5.11 Å². The first-order valence-electron chi connectivity index (χ1n) is 8.17. The predicted octanol–water partition coefficient (Wildman–Crippen LogP) is 2.84. The first-order valence-corrected chi connectivity index (χ1v) is 8.17. The molecule has 4 aromatic rings. The van der Waals surface area contributed by atoms with Gasteiger partial charge in [0.25, 0.3) is 0 Å². The molecule has 7 heteroatoms. The highest BCUT2D eigenvalue weighted by Crippen LogP contribution is 2.24. The molecular weight excluding hydrogens is 328 g/mol. The molecule has 3 heterocycles. The van der Waals surface area contributed by atoms with Gasteiger partial charge in [0, 0.05) is 11.3 Å². The lowest BCUT2D eigenvalue weighted by molar-refractivity contribution is 0.198. The molecule has 7 nitrogen and oxygen atoms in total. The Morgan fingerprint density at radius 2 is 2.00 bits per heavy atom. The summed E-state index contributed by atoms with van der Waals surface area (Å²) in [5, 5.41) is 23.5. The maximum atomic E-state index is 10.1.